The molecule has 1 aromatic rings. The molecule has 0 spiro atoms. The number of rotatable bonds is 3. The van der Waals surface area contributed by atoms with Crippen molar-refractivity contribution in [2.75, 3.05) is 27.2 Å². The van der Waals surface area contributed by atoms with E-state index in [9.17, 15) is 13.6 Å². The largest absolute Gasteiger partial charge is 0.336 e. The summed E-state index contributed by atoms with van der Waals surface area (Å²) < 4.78 is 27.5. The molecule has 1 N–H and O–H groups in total. The second kappa shape index (κ2) is 6.20. The molecule has 0 saturated carbocycles. The van der Waals surface area contributed by atoms with E-state index in [4.69, 9.17) is 0 Å². The highest BCUT2D eigenvalue weighted by Crippen LogP contribution is 2.24. The lowest BCUT2D eigenvalue weighted by Crippen LogP contribution is -2.51. The fraction of sp³-hybridized carbons (Fsp3) is 0.562. The quantitative estimate of drug-likeness (QED) is 0.930. The van der Waals surface area contributed by atoms with E-state index in [2.05, 4.69) is 5.32 Å². The van der Waals surface area contributed by atoms with Crippen molar-refractivity contribution in [2.45, 2.75) is 32.4 Å². The Bertz CT molecular complexity index is 573. The number of likely N-dealkylation sites (N-methyl/N-ethyl adjacent to an activating group) is 1. The van der Waals surface area contributed by atoms with Crippen LogP contribution in [0, 0.1) is 11.6 Å². The van der Waals surface area contributed by atoms with E-state index in [0.717, 1.165) is 12.1 Å². The number of carbonyl (C=O) groups is 1. The van der Waals surface area contributed by atoms with Crippen molar-refractivity contribution < 1.29 is 13.6 Å². The van der Waals surface area contributed by atoms with E-state index in [1.807, 2.05) is 32.8 Å². The Balaban J connectivity index is 2.03. The summed E-state index contributed by atoms with van der Waals surface area (Å²) in [6, 6.07) is 2.01. The summed E-state index contributed by atoms with van der Waals surface area (Å²) in [7, 11) is 3.89. The van der Waals surface area contributed by atoms with Crippen molar-refractivity contribution in [1.82, 2.24) is 15.1 Å². The molecular weight excluding hydrogens is 288 g/mol. The van der Waals surface area contributed by atoms with Gasteiger partial charge >= 0.3 is 6.03 Å². The molecule has 2 rings (SSSR count). The third kappa shape index (κ3) is 3.38. The molecule has 1 aromatic carbocycles. The highest BCUT2D eigenvalue weighted by atomic mass is 19.1. The summed E-state index contributed by atoms with van der Waals surface area (Å²) in [5.74, 6) is -0.854. The van der Waals surface area contributed by atoms with Crippen LogP contribution in [0.1, 0.15) is 25.0 Å². The molecule has 0 aromatic heterocycles. The molecule has 0 fully saturated rings. The number of amides is 2. The number of hydrogen-bond donors (Lipinski definition) is 1. The van der Waals surface area contributed by atoms with Gasteiger partial charge in [0.1, 0.15) is 11.6 Å². The van der Waals surface area contributed by atoms with Gasteiger partial charge < -0.3 is 15.1 Å². The third-order valence-corrected chi connectivity index (χ3v) is 4.47. The lowest BCUT2D eigenvalue weighted by atomic mass is 9.98. The summed E-state index contributed by atoms with van der Waals surface area (Å²) >= 11 is 0. The van der Waals surface area contributed by atoms with Crippen LogP contribution in [0.2, 0.25) is 0 Å². The normalized spacial score (nSPS) is 15.0. The van der Waals surface area contributed by atoms with Crippen molar-refractivity contribution in [3.8, 4) is 0 Å². The Morgan fingerprint density at radius 3 is 2.45 bits per heavy atom. The zero-order valence-electron chi connectivity index (χ0n) is 13.5. The van der Waals surface area contributed by atoms with E-state index >= 15 is 0 Å². The van der Waals surface area contributed by atoms with Gasteiger partial charge in [0.15, 0.2) is 0 Å². The molecule has 4 nitrogen and oxygen atoms in total. The van der Waals surface area contributed by atoms with E-state index in [1.54, 1.807) is 0 Å². The van der Waals surface area contributed by atoms with Crippen LogP contribution < -0.4 is 5.32 Å². The molecule has 0 unspecified atom stereocenters. The number of fused-ring (bicyclic) bond motifs is 1. The van der Waals surface area contributed by atoms with Crippen LogP contribution in [-0.2, 0) is 13.0 Å². The second-order valence-corrected chi connectivity index (χ2v) is 6.52. The highest BCUT2D eigenvalue weighted by molar-refractivity contribution is 5.74. The van der Waals surface area contributed by atoms with Gasteiger partial charge in [0.25, 0.3) is 0 Å². The maximum absolute atomic E-state index is 13.8. The molecule has 0 aliphatic carbocycles. The molecule has 122 valence electrons. The fourth-order valence-electron chi connectivity index (χ4n) is 2.33. The SMILES string of the molecule is CN(C)C(C)(C)CNC(=O)N1CCc2c(F)ccc(F)c2C1. The third-order valence-electron chi connectivity index (χ3n) is 4.47. The first-order valence-electron chi connectivity index (χ1n) is 7.38. The number of nitrogens with one attached hydrogen (secondary N) is 1. The number of hydrogen-bond acceptors (Lipinski definition) is 2. The lowest BCUT2D eigenvalue weighted by Gasteiger charge is -2.35. The van der Waals surface area contributed by atoms with Crippen LogP contribution in [0.5, 0.6) is 0 Å². The maximum Gasteiger partial charge on any atom is 0.317 e. The number of benzene rings is 1. The smallest absolute Gasteiger partial charge is 0.317 e. The molecule has 0 bridgehead atoms. The van der Waals surface area contributed by atoms with Gasteiger partial charge in [0, 0.05) is 24.2 Å². The number of urea groups is 1. The Kier molecular flexibility index (Phi) is 4.70. The zero-order valence-corrected chi connectivity index (χ0v) is 13.5. The standard InChI is InChI=1S/C16H23F2N3O/c1-16(2,20(3)4)10-19-15(22)21-8-7-11-12(9-21)14(18)6-5-13(11)17/h5-6H,7-10H2,1-4H3,(H,19,22). The fourth-order valence-corrected chi connectivity index (χ4v) is 2.33. The van der Waals surface area contributed by atoms with Crippen LogP contribution >= 0.6 is 0 Å². The van der Waals surface area contributed by atoms with Crippen LogP contribution in [0.3, 0.4) is 0 Å². The summed E-state index contributed by atoms with van der Waals surface area (Å²) in [5, 5.41) is 2.87. The van der Waals surface area contributed by atoms with E-state index < -0.39 is 11.6 Å². The van der Waals surface area contributed by atoms with Crippen molar-refractivity contribution in [3.05, 3.63) is 34.9 Å². The monoisotopic (exact) mass is 311 g/mol. The van der Waals surface area contributed by atoms with Gasteiger partial charge in [-0.15, -0.1) is 0 Å². The van der Waals surface area contributed by atoms with Gasteiger partial charge in [0.2, 0.25) is 0 Å². The lowest BCUT2D eigenvalue weighted by molar-refractivity contribution is 0.166. The molecule has 22 heavy (non-hydrogen) atoms. The maximum atomic E-state index is 13.8. The Morgan fingerprint density at radius 1 is 1.27 bits per heavy atom. The van der Waals surface area contributed by atoms with Crippen molar-refractivity contribution in [2.24, 2.45) is 0 Å². The average Bonchev–Trinajstić information content (AvgIpc) is 2.48. The summed E-state index contributed by atoms with van der Waals surface area (Å²) in [4.78, 5) is 15.8. The van der Waals surface area contributed by atoms with Crippen molar-refractivity contribution in [1.29, 1.82) is 0 Å². The van der Waals surface area contributed by atoms with Gasteiger partial charge in [-0.25, -0.2) is 13.6 Å². The van der Waals surface area contributed by atoms with Gasteiger partial charge in [0.05, 0.1) is 6.54 Å². The number of nitrogens with zero attached hydrogens (tertiary/aromatic N) is 2. The first kappa shape index (κ1) is 16.7. The van der Waals surface area contributed by atoms with Gasteiger partial charge in [-0.05, 0) is 52.1 Å². The molecule has 0 saturated heterocycles. The molecule has 0 radical (unpaired) electrons. The minimum absolute atomic E-state index is 0.104. The molecule has 6 heteroatoms. The summed E-state index contributed by atoms with van der Waals surface area (Å²) in [5.41, 5.74) is 0.492. The van der Waals surface area contributed by atoms with E-state index in [-0.39, 0.29) is 23.7 Å². The summed E-state index contributed by atoms with van der Waals surface area (Å²) in [6.45, 7) is 5.02. The van der Waals surface area contributed by atoms with Gasteiger partial charge in [-0.2, -0.15) is 0 Å². The van der Waals surface area contributed by atoms with Crippen molar-refractivity contribution >= 4 is 6.03 Å². The zero-order chi connectivity index (χ0) is 16.5. The molecule has 1 aliphatic heterocycles. The van der Waals surface area contributed by atoms with Crippen LogP contribution in [-0.4, -0.2) is 48.6 Å². The molecule has 1 aliphatic rings. The average molecular weight is 311 g/mol. The molecular formula is C16H23F2N3O. The highest BCUT2D eigenvalue weighted by Gasteiger charge is 2.27. The van der Waals surface area contributed by atoms with Crippen LogP contribution in [0.15, 0.2) is 12.1 Å². The summed E-state index contributed by atoms with van der Waals surface area (Å²) in [6.07, 6.45) is 0.337. The Hall–Kier alpha value is -1.69. The Morgan fingerprint density at radius 2 is 1.86 bits per heavy atom. The van der Waals surface area contributed by atoms with Gasteiger partial charge in [-0.1, -0.05) is 0 Å². The van der Waals surface area contributed by atoms with E-state index in [1.165, 1.54) is 4.90 Å². The van der Waals surface area contributed by atoms with E-state index in [0.29, 0.717) is 25.1 Å². The first-order valence-corrected chi connectivity index (χ1v) is 7.38. The second-order valence-electron chi connectivity index (χ2n) is 6.52. The topological polar surface area (TPSA) is 35.6 Å². The first-order chi connectivity index (χ1) is 10.2. The molecule has 2 amide bonds. The minimum atomic E-state index is -0.456. The van der Waals surface area contributed by atoms with Gasteiger partial charge in [-0.3, -0.25) is 0 Å². The van der Waals surface area contributed by atoms with Crippen molar-refractivity contribution in [3.63, 3.8) is 0 Å². The minimum Gasteiger partial charge on any atom is -0.336 e. The molecule has 1 heterocycles. The van der Waals surface area contributed by atoms with Crippen LogP contribution in [0.4, 0.5) is 13.6 Å². The molecule has 0 atom stereocenters. The number of carbonyl (C=O) groups excluding carboxylic acids is 1. The Labute approximate surface area is 130 Å². The number of halogens is 2. The predicted octanol–water partition coefficient (Wildman–Crippen LogP) is 2.37. The predicted molar refractivity (Wildman–Crippen MR) is 81.6 cm³/mol. The van der Waals surface area contributed by atoms with Crippen LogP contribution in [0.25, 0.3) is 0 Å².